The Hall–Kier alpha value is -0.670. The van der Waals surface area contributed by atoms with Crippen molar-refractivity contribution in [1.29, 1.82) is 0 Å². The molecule has 0 aromatic heterocycles. The van der Waals surface area contributed by atoms with Gasteiger partial charge in [-0.05, 0) is 61.1 Å². The summed E-state index contributed by atoms with van der Waals surface area (Å²) in [6.45, 7) is 6.57. The van der Waals surface area contributed by atoms with Crippen LogP contribution in [0.25, 0.3) is 0 Å². The Bertz CT molecular complexity index is 326. The summed E-state index contributed by atoms with van der Waals surface area (Å²) in [6, 6.07) is 8.48. The van der Waals surface area contributed by atoms with Crippen LogP contribution in [0.15, 0.2) is 24.3 Å². The van der Waals surface area contributed by atoms with Gasteiger partial charge in [0.15, 0.2) is 0 Å². The molecule has 0 aliphatic carbocycles. The molecule has 1 rings (SSSR count). The summed E-state index contributed by atoms with van der Waals surface area (Å²) in [7, 11) is 1.71. The van der Waals surface area contributed by atoms with Crippen LogP contribution in [0.2, 0.25) is 0 Å². The third-order valence-electron chi connectivity index (χ3n) is 3.24. The van der Waals surface area contributed by atoms with E-state index >= 15 is 0 Å². The standard InChI is InChI=1S/C16H27NOS/c1-4-17-13-15(10-11-19-5-2)12-14-6-8-16(18-3)9-7-14/h6-9,15,17H,4-5,10-13H2,1-3H3. The molecule has 0 radical (unpaired) electrons. The highest BCUT2D eigenvalue weighted by atomic mass is 32.2. The molecule has 0 bridgehead atoms. The molecular formula is C16H27NOS. The molecule has 19 heavy (non-hydrogen) atoms. The number of thioether (sulfide) groups is 1. The molecule has 1 unspecified atom stereocenters. The summed E-state index contributed by atoms with van der Waals surface area (Å²) in [5.74, 6) is 4.15. The van der Waals surface area contributed by atoms with Crippen molar-refractivity contribution in [1.82, 2.24) is 5.32 Å². The second-order valence-electron chi connectivity index (χ2n) is 4.71. The molecule has 0 spiro atoms. The fourth-order valence-corrected chi connectivity index (χ4v) is 2.90. The van der Waals surface area contributed by atoms with E-state index in [1.54, 1.807) is 7.11 Å². The summed E-state index contributed by atoms with van der Waals surface area (Å²) in [4.78, 5) is 0. The normalized spacial score (nSPS) is 12.4. The molecule has 108 valence electrons. The lowest BCUT2D eigenvalue weighted by atomic mass is 9.96. The molecule has 1 atom stereocenters. The first-order valence-corrected chi connectivity index (χ1v) is 8.37. The minimum Gasteiger partial charge on any atom is -0.497 e. The van der Waals surface area contributed by atoms with Crippen LogP contribution < -0.4 is 10.1 Å². The van der Waals surface area contributed by atoms with Gasteiger partial charge >= 0.3 is 0 Å². The molecule has 0 aliphatic rings. The van der Waals surface area contributed by atoms with Gasteiger partial charge in [-0.15, -0.1) is 0 Å². The van der Waals surface area contributed by atoms with E-state index in [9.17, 15) is 0 Å². The summed E-state index contributed by atoms with van der Waals surface area (Å²) in [5, 5.41) is 3.48. The molecule has 1 aromatic rings. The Morgan fingerprint density at radius 1 is 1.21 bits per heavy atom. The Balaban J connectivity index is 2.48. The van der Waals surface area contributed by atoms with Crippen molar-refractivity contribution in [3.05, 3.63) is 29.8 Å². The van der Waals surface area contributed by atoms with E-state index in [0.29, 0.717) is 0 Å². The minimum atomic E-state index is 0.729. The molecule has 2 nitrogen and oxygen atoms in total. The molecule has 1 aromatic carbocycles. The quantitative estimate of drug-likeness (QED) is 0.662. The monoisotopic (exact) mass is 281 g/mol. The van der Waals surface area contributed by atoms with Crippen molar-refractivity contribution in [3.63, 3.8) is 0 Å². The smallest absolute Gasteiger partial charge is 0.118 e. The second kappa shape index (κ2) is 10.2. The van der Waals surface area contributed by atoms with Crippen LogP contribution in [0.3, 0.4) is 0 Å². The van der Waals surface area contributed by atoms with E-state index in [-0.39, 0.29) is 0 Å². The maximum absolute atomic E-state index is 5.20. The van der Waals surface area contributed by atoms with Gasteiger partial charge in [0.25, 0.3) is 0 Å². The molecule has 3 heteroatoms. The fourth-order valence-electron chi connectivity index (χ4n) is 2.11. The molecule has 0 fully saturated rings. The molecule has 1 N–H and O–H groups in total. The summed E-state index contributed by atoms with van der Waals surface area (Å²) < 4.78 is 5.20. The van der Waals surface area contributed by atoms with Crippen molar-refractivity contribution in [2.45, 2.75) is 26.7 Å². The molecule has 0 heterocycles. The summed E-state index contributed by atoms with van der Waals surface area (Å²) in [6.07, 6.45) is 2.44. The van der Waals surface area contributed by atoms with Crippen molar-refractivity contribution in [2.75, 3.05) is 31.7 Å². The zero-order valence-corrected chi connectivity index (χ0v) is 13.3. The van der Waals surface area contributed by atoms with Gasteiger partial charge in [0.2, 0.25) is 0 Å². The maximum Gasteiger partial charge on any atom is 0.118 e. The van der Waals surface area contributed by atoms with Gasteiger partial charge in [-0.2, -0.15) is 11.8 Å². The Kier molecular flexibility index (Phi) is 8.76. The molecule has 0 aliphatic heterocycles. The number of benzene rings is 1. The zero-order chi connectivity index (χ0) is 13.9. The highest BCUT2D eigenvalue weighted by Crippen LogP contribution is 2.18. The summed E-state index contributed by atoms with van der Waals surface area (Å²) >= 11 is 2.04. The van der Waals surface area contributed by atoms with Gasteiger partial charge in [-0.25, -0.2) is 0 Å². The van der Waals surface area contributed by atoms with Crippen molar-refractivity contribution in [3.8, 4) is 5.75 Å². The summed E-state index contributed by atoms with van der Waals surface area (Å²) in [5.41, 5.74) is 1.41. The van der Waals surface area contributed by atoms with E-state index in [1.807, 2.05) is 11.8 Å². The van der Waals surface area contributed by atoms with E-state index in [0.717, 1.165) is 31.2 Å². The van der Waals surface area contributed by atoms with Crippen LogP contribution >= 0.6 is 11.8 Å². The van der Waals surface area contributed by atoms with Gasteiger partial charge in [0.05, 0.1) is 7.11 Å². The highest BCUT2D eigenvalue weighted by Gasteiger charge is 2.09. The van der Waals surface area contributed by atoms with Gasteiger partial charge in [-0.1, -0.05) is 26.0 Å². The number of hydrogen-bond acceptors (Lipinski definition) is 3. The molecule has 0 saturated heterocycles. The highest BCUT2D eigenvalue weighted by molar-refractivity contribution is 7.99. The fraction of sp³-hybridized carbons (Fsp3) is 0.625. The minimum absolute atomic E-state index is 0.729. The first-order chi connectivity index (χ1) is 9.30. The molecule has 0 amide bonds. The van der Waals surface area contributed by atoms with E-state index in [2.05, 4.69) is 43.4 Å². The topological polar surface area (TPSA) is 21.3 Å². The lowest BCUT2D eigenvalue weighted by Crippen LogP contribution is -2.24. The van der Waals surface area contributed by atoms with E-state index < -0.39 is 0 Å². The maximum atomic E-state index is 5.20. The van der Waals surface area contributed by atoms with E-state index in [1.165, 1.54) is 23.5 Å². The number of nitrogens with one attached hydrogen (secondary N) is 1. The van der Waals surface area contributed by atoms with Gasteiger partial charge in [-0.3, -0.25) is 0 Å². The largest absolute Gasteiger partial charge is 0.497 e. The molecule has 0 saturated carbocycles. The number of rotatable bonds is 10. The SMILES string of the molecule is CCNCC(CCSCC)Cc1ccc(OC)cc1. The third-order valence-corrected chi connectivity index (χ3v) is 4.17. The van der Waals surface area contributed by atoms with Crippen LogP contribution in [0.1, 0.15) is 25.8 Å². The first kappa shape index (κ1) is 16.4. The average Bonchev–Trinajstić information content (AvgIpc) is 2.45. The first-order valence-electron chi connectivity index (χ1n) is 7.21. The number of ether oxygens (including phenoxy) is 1. The predicted octanol–water partition coefficient (Wildman–Crippen LogP) is 3.61. The zero-order valence-electron chi connectivity index (χ0n) is 12.4. The van der Waals surface area contributed by atoms with E-state index in [4.69, 9.17) is 4.74 Å². The second-order valence-corrected chi connectivity index (χ2v) is 6.11. The van der Waals surface area contributed by atoms with Crippen molar-refractivity contribution >= 4 is 11.8 Å². The Labute approximate surface area is 122 Å². The average molecular weight is 281 g/mol. The van der Waals surface area contributed by atoms with Crippen LogP contribution in [0, 0.1) is 5.92 Å². The number of methoxy groups -OCH3 is 1. The van der Waals surface area contributed by atoms with Gasteiger partial charge < -0.3 is 10.1 Å². The van der Waals surface area contributed by atoms with Crippen LogP contribution in [-0.4, -0.2) is 31.7 Å². The number of hydrogen-bond donors (Lipinski definition) is 1. The lowest BCUT2D eigenvalue weighted by Gasteiger charge is -2.17. The van der Waals surface area contributed by atoms with Crippen LogP contribution in [-0.2, 0) is 6.42 Å². The van der Waals surface area contributed by atoms with Gasteiger partial charge in [0, 0.05) is 0 Å². The van der Waals surface area contributed by atoms with Gasteiger partial charge in [0.1, 0.15) is 5.75 Å². The third kappa shape index (κ3) is 6.88. The lowest BCUT2D eigenvalue weighted by molar-refractivity contribution is 0.414. The molecular weight excluding hydrogens is 254 g/mol. The van der Waals surface area contributed by atoms with Crippen molar-refractivity contribution < 1.29 is 4.74 Å². The predicted molar refractivity (Wildman–Crippen MR) is 86.3 cm³/mol. The van der Waals surface area contributed by atoms with Crippen molar-refractivity contribution in [2.24, 2.45) is 5.92 Å². The Morgan fingerprint density at radius 3 is 2.53 bits per heavy atom. The Morgan fingerprint density at radius 2 is 1.95 bits per heavy atom. The van der Waals surface area contributed by atoms with Crippen LogP contribution in [0.4, 0.5) is 0 Å². The van der Waals surface area contributed by atoms with Crippen LogP contribution in [0.5, 0.6) is 5.75 Å².